The van der Waals surface area contributed by atoms with E-state index in [2.05, 4.69) is 24.8 Å². The highest BCUT2D eigenvalue weighted by Gasteiger charge is 2.16. The first-order valence-corrected chi connectivity index (χ1v) is 7.98. The Bertz CT molecular complexity index is 887. The summed E-state index contributed by atoms with van der Waals surface area (Å²) in [6.45, 7) is 3.01. The van der Waals surface area contributed by atoms with Crippen molar-refractivity contribution in [3.63, 3.8) is 0 Å². The van der Waals surface area contributed by atoms with E-state index in [0.29, 0.717) is 30.0 Å². The number of pyridine rings is 1. The summed E-state index contributed by atoms with van der Waals surface area (Å²) in [6.07, 6.45) is 3.08. The van der Waals surface area contributed by atoms with E-state index in [1.54, 1.807) is 17.6 Å². The van der Waals surface area contributed by atoms with Crippen molar-refractivity contribution >= 4 is 27.4 Å². The predicted octanol–water partition coefficient (Wildman–Crippen LogP) is 1.40. The average Bonchev–Trinajstić information content (AvgIpc) is 3.04. The van der Waals surface area contributed by atoms with Crippen molar-refractivity contribution < 1.29 is 9.47 Å². The molecule has 0 amide bonds. The van der Waals surface area contributed by atoms with Crippen LogP contribution in [0.2, 0.25) is 0 Å². The third kappa shape index (κ3) is 2.88. The van der Waals surface area contributed by atoms with Crippen LogP contribution in [0.5, 0.6) is 11.9 Å². The molecule has 1 fully saturated rings. The highest BCUT2D eigenvalue weighted by Crippen LogP contribution is 2.27. The molecule has 0 aromatic carbocycles. The lowest BCUT2D eigenvalue weighted by Gasteiger charge is -2.25. The molecule has 0 saturated carbocycles. The van der Waals surface area contributed by atoms with Gasteiger partial charge < -0.3 is 14.4 Å². The van der Waals surface area contributed by atoms with Crippen molar-refractivity contribution in [2.45, 2.75) is 0 Å². The minimum atomic E-state index is -0.268. The van der Waals surface area contributed by atoms with Crippen LogP contribution in [0.15, 0.2) is 28.6 Å². The number of thiazole rings is 1. The Morgan fingerprint density at radius 2 is 2.17 bits per heavy atom. The molecule has 118 valence electrons. The molecule has 8 nitrogen and oxygen atoms in total. The fraction of sp³-hybridized carbons (Fsp3) is 0.286. The smallest absolute Gasteiger partial charge is 0.304 e. The van der Waals surface area contributed by atoms with Gasteiger partial charge in [0.2, 0.25) is 5.88 Å². The van der Waals surface area contributed by atoms with Gasteiger partial charge in [0.1, 0.15) is 0 Å². The molecule has 3 aromatic heterocycles. The fourth-order valence-corrected chi connectivity index (χ4v) is 3.09. The molecular weight excluding hydrogens is 318 g/mol. The molecule has 4 heterocycles. The molecule has 9 heteroatoms. The van der Waals surface area contributed by atoms with Crippen LogP contribution in [0, 0.1) is 0 Å². The summed E-state index contributed by atoms with van der Waals surface area (Å²) < 4.78 is 10.9. The van der Waals surface area contributed by atoms with Gasteiger partial charge >= 0.3 is 6.01 Å². The second kappa shape index (κ2) is 5.94. The van der Waals surface area contributed by atoms with Crippen molar-refractivity contribution in [1.29, 1.82) is 0 Å². The van der Waals surface area contributed by atoms with Crippen molar-refractivity contribution in [3.8, 4) is 11.9 Å². The maximum atomic E-state index is 12.0. The van der Waals surface area contributed by atoms with Gasteiger partial charge in [0.25, 0.3) is 5.56 Å². The van der Waals surface area contributed by atoms with Crippen LogP contribution < -0.4 is 15.2 Å². The van der Waals surface area contributed by atoms with Crippen LogP contribution in [0.1, 0.15) is 0 Å². The Kier molecular flexibility index (Phi) is 3.64. The van der Waals surface area contributed by atoms with Crippen LogP contribution >= 0.6 is 11.3 Å². The maximum absolute atomic E-state index is 12.0. The van der Waals surface area contributed by atoms with E-state index < -0.39 is 0 Å². The van der Waals surface area contributed by atoms with Crippen molar-refractivity contribution in [2.75, 3.05) is 31.2 Å². The van der Waals surface area contributed by atoms with E-state index in [0.717, 1.165) is 18.2 Å². The number of H-pyrrole nitrogens is 1. The SMILES string of the molecule is O=c1[nH]c(Oc2csc(N3CCOCC3)n2)nc2cnccc12. The van der Waals surface area contributed by atoms with Gasteiger partial charge in [0, 0.05) is 19.3 Å². The topological polar surface area (TPSA) is 93.2 Å². The highest BCUT2D eigenvalue weighted by atomic mass is 32.1. The Labute approximate surface area is 134 Å². The molecule has 0 atom stereocenters. The molecule has 0 unspecified atom stereocenters. The second-order valence-corrected chi connectivity index (χ2v) is 5.77. The summed E-state index contributed by atoms with van der Waals surface area (Å²) in [5.41, 5.74) is 0.214. The van der Waals surface area contributed by atoms with Crippen LogP contribution in [-0.4, -0.2) is 46.2 Å². The van der Waals surface area contributed by atoms with E-state index in [-0.39, 0.29) is 11.6 Å². The second-order valence-electron chi connectivity index (χ2n) is 4.93. The van der Waals surface area contributed by atoms with E-state index in [1.165, 1.54) is 17.5 Å². The van der Waals surface area contributed by atoms with Gasteiger partial charge in [0.05, 0.1) is 35.7 Å². The zero-order chi connectivity index (χ0) is 15.6. The fourth-order valence-electron chi connectivity index (χ4n) is 2.31. The number of fused-ring (bicyclic) bond motifs is 1. The predicted molar refractivity (Wildman–Crippen MR) is 85.4 cm³/mol. The first-order chi connectivity index (χ1) is 11.3. The van der Waals surface area contributed by atoms with E-state index in [9.17, 15) is 4.79 Å². The molecule has 1 aliphatic rings. The van der Waals surface area contributed by atoms with Gasteiger partial charge in [-0.25, -0.2) is 0 Å². The summed E-state index contributed by atoms with van der Waals surface area (Å²) in [4.78, 5) is 29.4. The number of rotatable bonds is 3. The summed E-state index contributed by atoms with van der Waals surface area (Å²) in [6, 6.07) is 1.72. The Balaban J connectivity index is 1.58. The first-order valence-electron chi connectivity index (χ1n) is 7.10. The lowest BCUT2D eigenvalue weighted by Crippen LogP contribution is -2.36. The van der Waals surface area contributed by atoms with Gasteiger partial charge in [-0.1, -0.05) is 0 Å². The third-order valence-electron chi connectivity index (χ3n) is 3.44. The molecular formula is C14H13N5O3S. The normalized spacial score (nSPS) is 15.0. The number of nitrogens with one attached hydrogen (secondary N) is 1. The van der Waals surface area contributed by atoms with Gasteiger partial charge in [-0.2, -0.15) is 9.97 Å². The van der Waals surface area contributed by atoms with Gasteiger partial charge in [-0.05, 0) is 6.07 Å². The largest absolute Gasteiger partial charge is 0.406 e. The van der Waals surface area contributed by atoms with Crippen LogP contribution in [0.3, 0.4) is 0 Å². The molecule has 0 aliphatic carbocycles. The van der Waals surface area contributed by atoms with E-state index in [4.69, 9.17) is 9.47 Å². The van der Waals surface area contributed by atoms with Crippen LogP contribution in [0.25, 0.3) is 10.9 Å². The van der Waals surface area contributed by atoms with E-state index in [1.807, 2.05) is 0 Å². The highest BCUT2D eigenvalue weighted by molar-refractivity contribution is 7.13. The standard InChI is InChI=1S/C14H13N5O3S/c20-12-9-1-2-15-7-10(9)16-13(18-12)22-11-8-23-14(17-11)19-3-5-21-6-4-19/h1-2,7-8H,3-6H2,(H,16,18,20). The van der Waals surface area contributed by atoms with Gasteiger partial charge in [-0.15, -0.1) is 11.3 Å². The number of nitrogens with zero attached hydrogens (tertiary/aromatic N) is 4. The monoisotopic (exact) mass is 331 g/mol. The number of morpholine rings is 1. The summed E-state index contributed by atoms with van der Waals surface area (Å²) in [5, 5.41) is 3.13. The Morgan fingerprint density at radius 1 is 1.30 bits per heavy atom. The number of anilines is 1. The number of hydrogen-bond acceptors (Lipinski definition) is 8. The summed E-state index contributed by atoms with van der Waals surface area (Å²) in [7, 11) is 0. The zero-order valence-corrected chi connectivity index (χ0v) is 12.9. The quantitative estimate of drug-likeness (QED) is 0.775. The average molecular weight is 331 g/mol. The molecule has 1 saturated heterocycles. The molecule has 1 N–H and O–H groups in total. The maximum Gasteiger partial charge on any atom is 0.304 e. The Hall–Kier alpha value is -2.52. The number of aromatic amines is 1. The number of ether oxygens (including phenoxy) is 2. The van der Waals surface area contributed by atoms with Crippen LogP contribution in [0.4, 0.5) is 5.13 Å². The minimum Gasteiger partial charge on any atom is -0.406 e. The third-order valence-corrected chi connectivity index (χ3v) is 4.32. The molecule has 0 radical (unpaired) electrons. The zero-order valence-electron chi connectivity index (χ0n) is 12.1. The molecule has 1 aliphatic heterocycles. The number of hydrogen-bond donors (Lipinski definition) is 1. The molecule has 23 heavy (non-hydrogen) atoms. The lowest BCUT2D eigenvalue weighted by molar-refractivity contribution is 0.122. The van der Waals surface area contributed by atoms with E-state index >= 15 is 0 Å². The van der Waals surface area contributed by atoms with Crippen LogP contribution in [-0.2, 0) is 4.74 Å². The van der Waals surface area contributed by atoms with Crippen molar-refractivity contribution in [3.05, 3.63) is 34.2 Å². The van der Waals surface area contributed by atoms with Crippen molar-refractivity contribution in [2.24, 2.45) is 0 Å². The molecule has 3 aromatic rings. The Morgan fingerprint density at radius 3 is 3.04 bits per heavy atom. The molecule has 0 bridgehead atoms. The lowest BCUT2D eigenvalue weighted by atomic mass is 10.3. The minimum absolute atomic E-state index is 0.106. The summed E-state index contributed by atoms with van der Waals surface area (Å²) >= 11 is 1.49. The van der Waals surface area contributed by atoms with Gasteiger partial charge in [0.15, 0.2) is 5.13 Å². The molecule has 4 rings (SSSR count). The van der Waals surface area contributed by atoms with Gasteiger partial charge in [-0.3, -0.25) is 14.8 Å². The number of aromatic nitrogens is 4. The first kappa shape index (κ1) is 14.1. The summed E-state index contributed by atoms with van der Waals surface area (Å²) in [5.74, 6) is 0.405. The van der Waals surface area contributed by atoms with Crippen molar-refractivity contribution in [1.82, 2.24) is 19.9 Å². The molecule has 0 spiro atoms.